The number of nitrogens with zero attached hydrogens (tertiary/aromatic N) is 1. The van der Waals surface area contributed by atoms with Crippen LogP contribution in [0.3, 0.4) is 0 Å². The van der Waals surface area contributed by atoms with Gasteiger partial charge in [-0.3, -0.25) is 9.78 Å². The van der Waals surface area contributed by atoms with Gasteiger partial charge in [-0.1, -0.05) is 23.7 Å². The first-order chi connectivity index (χ1) is 7.77. The molecule has 0 aliphatic heterocycles. The number of halogens is 2. The third-order valence-electron chi connectivity index (χ3n) is 2.06. The first-order valence-corrected chi connectivity index (χ1v) is 5.11. The molecular formula is C12H10Cl2N2O. The third kappa shape index (κ3) is 3.44. The Morgan fingerprint density at radius 1 is 1.12 bits per heavy atom. The molecule has 0 unspecified atom stereocenters. The summed E-state index contributed by atoms with van der Waals surface area (Å²) in [5, 5.41) is 3.17. The first-order valence-electron chi connectivity index (χ1n) is 4.73. The minimum atomic E-state index is -0.225. The highest BCUT2D eigenvalue weighted by Crippen LogP contribution is 2.16. The summed E-state index contributed by atoms with van der Waals surface area (Å²) < 4.78 is 0. The summed E-state index contributed by atoms with van der Waals surface area (Å²) in [5.74, 6) is -0.225. The molecule has 0 aliphatic carbocycles. The fraction of sp³-hybridized carbons (Fsp3) is 0. The van der Waals surface area contributed by atoms with Crippen molar-refractivity contribution in [1.29, 1.82) is 0 Å². The maximum atomic E-state index is 11.8. The molecule has 1 aromatic carbocycles. The first kappa shape index (κ1) is 13.5. The van der Waals surface area contributed by atoms with Crippen molar-refractivity contribution in [1.82, 2.24) is 4.98 Å². The summed E-state index contributed by atoms with van der Waals surface area (Å²) in [6.07, 6.45) is 3.23. The van der Waals surface area contributed by atoms with Crippen LogP contribution in [0.2, 0.25) is 5.02 Å². The van der Waals surface area contributed by atoms with E-state index in [9.17, 15) is 4.79 Å². The van der Waals surface area contributed by atoms with Gasteiger partial charge in [-0.15, -0.1) is 12.4 Å². The smallest absolute Gasteiger partial charge is 0.257 e. The minimum absolute atomic E-state index is 0. The molecule has 0 spiro atoms. The molecule has 0 radical (unpaired) electrons. The van der Waals surface area contributed by atoms with Gasteiger partial charge in [0.25, 0.3) is 5.91 Å². The second kappa shape index (κ2) is 6.23. The maximum Gasteiger partial charge on any atom is 0.257 e. The van der Waals surface area contributed by atoms with Crippen LogP contribution in [-0.2, 0) is 0 Å². The van der Waals surface area contributed by atoms with E-state index in [1.165, 1.54) is 0 Å². The molecule has 17 heavy (non-hydrogen) atoms. The van der Waals surface area contributed by atoms with Crippen molar-refractivity contribution in [2.75, 3.05) is 5.32 Å². The number of hydrogen-bond acceptors (Lipinski definition) is 2. The van der Waals surface area contributed by atoms with Gasteiger partial charge in [-0.25, -0.2) is 0 Å². The number of aromatic nitrogens is 1. The number of nitrogens with one attached hydrogen (secondary N) is 1. The number of anilines is 1. The Labute approximate surface area is 110 Å². The highest BCUT2D eigenvalue weighted by Gasteiger charge is 2.08. The normalized spacial score (nSPS) is 9.24. The lowest BCUT2D eigenvalue weighted by Crippen LogP contribution is -2.12. The monoisotopic (exact) mass is 268 g/mol. The zero-order chi connectivity index (χ0) is 11.4. The molecule has 2 aromatic rings. The summed E-state index contributed by atoms with van der Waals surface area (Å²) in [6.45, 7) is 0. The van der Waals surface area contributed by atoms with Gasteiger partial charge in [0, 0.05) is 18.1 Å². The van der Waals surface area contributed by atoms with Gasteiger partial charge in [0.15, 0.2) is 0 Å². The van der Waals surface area contributed by atoms with Crippen molar-refractivity contribution in [3.05, 3.63) is 59.4 Å². The second-order valence-electron chi connectivity index (χ2n) is 3.17. The van der Waals surface area contributed by atoms with E-state index in [0.29, 0.717) is 16.3 Å². The lowest BCUT2D eigenvalue weighted by Gasteiger charge is -2.05. The van der Waals surface area contributed by atoms with Crippen molar-refractivity contribution >= 4 is 35.6 Å². The molecule has 0 atom stereocenters. The Kier molecular flexibility index (Phi) is 4.94. The fourth-order valence-corrected chi connectivity index (χ4v) is 1.50. The van der Waals surface area contributed by atoms with E-state index >= 15 is 0 Å². The van der Waals surface area contributed by atoms with E-state index in [1.807, 2.05) is 0 Å². The van der Waals surface area contributed by atoms with Crippen molar-refractivity contribution in [3.63, 3.8) is 0 Å². The zero-order valence-corrected chi connectivity index (χ0v) is 10.3. The van der Waals surface area contributed by atoms with Crippen LogP contribution in [0.4, 0.5) is 5.69 Å². The van der Waals surface area contributed by atoms with Gasteiger partial charge in [-0.2, -0.15) is 0 Å². The van der Waals surface area contributed by atoms with Gasteiger partial charge in [-0.05, 0) is 24.3 Å². The molecule has 1 N–H and O–H groups in total. The summed E-state index contributed by atoms with van der Waals surface area (Å²) in [5.41, 5.74) is 1.15. The summed E-state index contributed by atoms with van der Waals surface area (Å²) in [4.78, 5) is 15.7. The molecule has 0 saturated heterocycles. The van der Waals surface area contributed by atoms with Crippen molar-refractivity contribution < 1.29 is 4.79 Å². The Bertz CT molecular complexity index is 503. The van der Waals surface area contributed by atoms with Gasteiger partial charge in [0.2, 0.25) is 0 Å². The Balaban J connectivity index is 0.00000144. The van der Waals surface area contributed by atoms with Crippen molar-refractivity contribution in [2.24, 2.45) is 0 Å². The summed E-state index contributed by atoms with van der Waals surface area (Å²) >= 11 is 5.91. The Morgan fingerprint density at radius 2 is 1.76 bits per heavy atom. The number of pyridine rings is 1. The molecule has 0 saturated carbocycles. The summed E-state index contributed by atoms with van der Waals surface area (Å²) in [7, 11) is 0. The van der Waals surface area contributed by atoms with Crippen LogP contribution < -0.4 is 5.32 Å². The van der Waals surface area contributed by atoms with Crippen molar-refractivity contribution in [3.8, 4) is 0 Å². The molecule has 0 bridgehead atoms. The van der Waals surface area contributed by atoms with E-state index in [1.54, 1.807) is 48.8 Å². The highest BCUT2D eigenvalue weighted by atomic mass is 35.5. The second-order valence-corrected chi connectivity index (χ2v) is 3.58. The van der Waals surface area contributed by atoms with Gasteiger partial charge < -0.3 is 5.32 Å². The van der Waals surface area contributed by atoms with Crippen LogP contribution >= 0.6 is 24.0 Å². The van der Waals surface area contributed by atoms with Crippen LogP contribution in [0, 0.1) is 0 Å². The molecular weight excluding hydrogens is 259 g/mol. The molecule has 5 heteroatoms. The predicted molar refractivity (Wildman–Crippen MR) is 70.9 cm³/mol. The minimum Gasteiger partial charge on any atom is -0.322 e. The molecule has 1 heterocycles. The van der Waals surface area contributed by atoms with Gasteiger partial charge >= 0.3 is 0 Å². The van der Waals surface area contributed by atoms with Crippen LogP contribution in [0.25, 0.3) is 0 Å². The average molecular weight is 269 g/mol. The number of carbonyl (C=O) groups is 1. The molecule has 1 amide bonds. The third-order valence-corrected chi connectivity index (χ3v) is 2.39. The summed E-state index contributed by atoms with van der Waals surface area (Å²) in [6, 6.07) is 10.4. The fourth-order valence-electron chi connectivity index (χ4n) is 1.28. The van der Waals surface area contributed by atoms with Gasteiger partial charge in [0.05, 0.1) is 10.6 Å². The molecule has 0 aliphatic rings. The number of rotatable bonds is 2. The van der Waals surface area contributed by atoms with E-state index < -0.39 is 0 Å². The lowest BCUT2D eigenvalue weighted by atomic mass is 10.2. The van der Waals surface area contributed by atoms with E-state index in [4.69, 9.17) is 11.6 Å². The lowest BCUT2D eigenvalue weighted by molar-refractivity contribution is 0.102. The SMILES string of the molecule is Cl.O=C(Nc1ccncc1)c1ccccc1Cl. The Morgan fingerprint density at radius 3 is 2.41 bits per heavy atom. The molecule has 1 aromatic heterocycles. The largest absolute Gasteiger partial charge is 0.322 e. The average Bonchev–Trinajstić information content (AvgIpc) is 2.31. The van der Waals surface area contributed by atoms with Crippen molar-refractivity contribution in [2.45, 2.75) is 0 Å². The standard InChI is InChI=1S/C12H9ClN2O.ClH/c13-11-4-2-1-3-10(11)12(16)15-9-5-7-14-8-6-9;/h1-8H,(H,14,15,16);1H. The topological polar surface area (TPSA) is 42.0 Å². The number of benzene rings is 1. The predicted octanol–water partition coefficient (Wildman–Crippen LogP) is 3.41. The quantitative estimate of drug-likeness (QED) is 0.907. The number of amides is 1. The van der Waals surface area contributed by atoms with Gasteiger partial charge in [0.1, 0.15) is 0 Å². The molecule has 0 fully saturated rings. The number of carbonyl (C=O) groups excluding carboxylic acids is 1. The van der Waals surface area contributed by atoms with E-state index in [2.05, 4.69) is 10.3 Å². The number of hydrogen-bond donors (Lipinski definition) is 1. The van der Waals surface area contributed by atoms with E-state index in [-0.39, 0.29) is 18.3 Å². The molecule has 88 valence electrons. The van der Waals surface area contributed by atoms with Crippen LogP contribution in [-0.4, -0.2) is 10.9 Å². The van der Waals surface area contributed by atoms with E-state index in [0.717, 1.165) is 0 Å². The highest BCUT2D eigenvalue weighted by molar-refractivity contribution is 6.34. The van der Waals surface area contributed by atoms with Crippen LogP contribution in [0.15, 0.2) is 48.8 Å². The Hall–Kier alpha value is -1.58. The van der Waals surface area contributed by atoms with Crippen LogP contribution in [0.5, 0.6) is 0 Å². The van der Waals surface area contributed by atoms with Crippen LogP contribution in [0.1, 0.15) is 10.4 Å². The zero-order valence-electron chi connectivity index (χ0n) is 8.76. The molecule has 2 rings (SSSR count). The maximum absolute atomic E-state index is 11.8. The molecule has 3 nitrogen and oxygen atoms in total.